The lowest BCUT2D eigenvalue weighted by molar-refractivity contribution is -0.143. The largest absolute Gasteiger partial charge is 0.489 e. The van der Waals surface area contributed by atoms with E-state index in [-0.39, 0.29) is 13.0 Å². The second-order valence-corrected chi connectivity index (χ2v) is 5.67. The van der Waals surface area contributed by atoms with Crippen molar-refractivity contribution in [3.05, 3.63) is 65.2 Å². The number of rotatable bonds is 4. The molecule has 0 aromatic heterocycles. The Kier molecular flexibility index (Phi) is 4.37. The molecule has 24 heavy (non-hydrogen) atoms. The van der Waals surface area contributed by atoms with E-state index in [4.69, 9.17) is 4.74 Å². The van der Waals surface area contributed by atoms with E-state index >= 15 is 0 Å². The Hall–Kier alpha value is -3.02. The van der Waals surface area contributed by atoms with Crippen molar-refractivity contribution in [3.8, 4) is 5.75 Å². The minimum atomic E-state index is -1.23. The fraction of sp³-hybridized carbons (Fsp3) is 0.222. The first-order valence-corrected chi connectivity index (χ1v) is 7.55. The summed E-state index contributed by atoms with van der Waals surface area (Å²) in [6, 6.07) is 14.1. The van der Waals surface area contributed by atoms with Gasteiger partial charge in [0.2, 0.25) is 0 Å². The first-order chi connectivity index (χ1) is 11.5. The molecule has 2 aromatic rings. The van der Waals surface area contributed by atoms with Crippen LogP contribution in [0.5, 0.6) is 5.75 Å². The summed E-state index contributed by atoms with van der Waals surface area (Å²) >= 11 is 0. The van der Waals surface area contributed by atoms with Crippen LogP contribution >= 0.6 is 0 Å². The molecule has 0 fully saturated rings. The molecule has 0 saturated heterocycles. The van der Waals surface area contributed by atoms with Crippen LogP contribution in [0.2, 0.25) is 0 Å². The van der Waals surface area contributed by atoms with E-state index in [9.17, 15) is 19.8 Å². The molecule has 2 aromatic carbocycles. The van der Waals surface area contributed by atoms with Crippen molar-refractivity contribution in [1.82, 2.24) is 4.90 Å². The van der Waals surface area contributed by atoms with Crippen LogP contribution in [0.3, 0.4) is 0 Å². The number of carbonyl (C=O) groups is 2. The average Bonchev–Trinajstić information content (AvgIpc) is 2.59. The molecular weight excluding hydrogens is 310 g/mol. The van der Waals surface area contributed by atoms with Crippen LogP contribution in [0.15, 0.2) is 48.5 Å². The van der Waals surface area contributed by atoms with Crippen molar-refractivity contribution >= 4 is 12.1 Å². The minimum Gasteiger partial charge on any atom is -0.489 e. The van der Waals surface area contributed by atoms with Crippen LogP contribution in [0, 0.1) is 0 Å². The van der Waals surface area contributed by atoms with Gasteiger partial charge in [-0.25, -0.2) is 9.59 Å². The van der Waals surface area contributed by atoms with Gasteiger partial charge in [-0.3, -0.25) is 4.90 Å². The van der Waals surface area contributed by atoms with Gasteiger partial charge < -0.3 is 14.9 Å². The van der Waals surface area contributed by atoms with Crippen LogP contribution in [0.1, 0.15) is 16.7 Å². The van der Waals surface area contributed by atoms with Gasteiger partial charge >= 0.3 is 12.1 Å². The van der Waals surface area contributed by atoms with Crippen molar-refractivity contribution in [2.75, 3.05) is 0 Å². The Bertz CT molecular complexity index is 759. The molecule has 0 unspecified atom stereocenters. The standard InChI is InChI=1S/C18H17NO5/c20-17(21)16-9-13-6-7-15(8-14(13)10-19(16)18(22)23)24-11-12-4-2-1-3-5-12/h1-8,16H,9-11H2,(H,20,21)(H,22,23)/t16-/m1/s1. The molecule has 124 valence electrons. The summed E-state index contributed by atoms with van der Waals surface area (Å²) in [6.45, 7) is 0.462. The van der Waals surface area contributed by atoms with Crippen LogP contribution in [-0.2, 0) is 24.4 Å². The van der Waals surface area contributed by atoms with E-state index in [0.717, 1.165) is 21.6 Å². The number of benzene rings is 2. The zero-order valence-corrected chi connectivity index (χ0v) is 12.9. The number of carboxylic acids is 1. The highest BCUT2D eigenvalue weighted by molar-refractivity contribution is 5.80. The van der Waals surface area contributed by atoms with Gasteiger partial charge in [-0.15, -0.1) is 0 Å². The fourth-order valence-corrected chi connectivity index (χ4v) is 2.81. The molecule has 1 aliphatic rings. The molecule has 1 aliphatic heterocycles. The quantitative estimate of drug-likeness (QED) is 0.901. The molecule has 0 bridgehead atoms. The number of hydrogen-bond acceptors (Lipinski definition) is 3. The molecule has 1 amide bonds. The SMILES string of the molecule is O=C(O)[C@H]1Cc2ccc(OCc3ccccc3)cc2CN1C(=O)O. The molecule has 0 radical (unpaired) electrons. The van der Waals surface area contributed by atoms with Gasteiger partial charge in [0.15, 0.2) is 0 Å². The number of aliphatic carboxylic acids is 1. The third kappa shape index (κ3) is 3.32. The Morgan fingerprint density at radius 3 is 2.50 bits per heavy atom. The number of fused-ring (bicyclic) bond motifs is 1. The highest BCUT2D eigenvalue weighted by Crippen LogP contribution is 2.27. The molecule has 2 N–H and O–H groups in total. The van der Waals surface area contributed by atoms with Crippen molar-refractivity contribution < 1.29 is 24.5 Å². The zero-order valence-electron chi connectivity index (χ0n) is 12.9. The summed E-state index contributed by atoms with van der Waals surface area (Å²) < 4.78 is 5.75. The first-order valence-electron chi connectivity index (χ1n) is 7.55. The van der Waals surface area contributed by atoms with Crippen molar-refractivity contribution in [3.63, 3.8) is 0 Å². The number of carboxylic acid groups (broad SMARTS) is 2. The predicted molar refractivity (Wildman–Crippen MR) is 85.9 cm³/mol. The lowest BCUT2D eigenvalue weighted by Gasteiger charge is -2.32. The number of hydrogen-bond donors (Lipinski definition) is 2. The van der Waals surface area contributed by atoms with Crippen LogP contribution < -0.4 is 4.74 Å². The average molecular weight is 327 g/mol. The Balaban J connectivity index is 1.77. The highest BCUT2D eigenvalue weighted by atomic mass is 16.5. The third-order valence-corrected chi connectivity index (χ3v) is 4.09. The summed E-state index contributed by atoms with van der Waals surface area (Å²) in [5, 5.41) is 18.5. The van der Waals surface area contributed by atoms with Crippen LogP contribution in [0.25, 0.3) is 0 Å². The van der Waals surface area contributed by atoms with Crippen LogP contribution in [0.4, 0.5) is 4.79 Å². The predicted octanol–water partition coefficient (Wildman–Crippen LogP) is 2.75. The minimum absolute atomic E-state index is 0.0458. The number of amides is 1. The normalized spacial score (nSPS) is 16.3. The van der Waals surface area contributed by atoms with Gasteiger partial charge in [0.1, 0.15) is 18.4 Å². The molecule has 1 heterocycles. The first kappa shape index (κ1) is 15.9. The summed E-state index contributed by atoms with van der Waals surface area (Å²) in [5.41, 5.74) is 2.65. The van der Waals surface area contributed by atoms with E-state index in [0.29, 0.717) is 12.4 Å². The van der Waals surface area contributed by atoms with Gasteiger partial charge in [0.25, 0.3) is 0 Å². The van der Waals surface area contributed by atoms with E-state index in [1.54, 1.807) is 12.1 Å². The molecule has 6 nitrogen and oxygen atoms in total. The lowest BCUT2D eigenvalue weighted by Crippen LogP contribution is -2.48. The van der Waals surface area contributed by atoms with E-state index in [2.05, 4.69) is 0 Å². The molecule has 0 saturated carbocycles. The van der Waals surface area contributed by atoms with Gasteiger partial charge in [-0.1, -0.05) is 36.4 Å². The van der Waals surface area contributed by atoms with E-state index in [1.165, 1.54) is 0 Å². The molecule has 0 spiro atoms. The summed E-state index contributed by atoms with van der Waals surface area (Å²) in [7, 11) is 0. The van der Waals surface area contributed by atoms with Crippen molar-refractivity contribution in [2.24, 2.45) is 0 Å². The highest BCUT2D eigenvalue weighted by Gasteiger charge is 2.34. The van der Waals surface area contributed by atoms with Crippen LogP contribution in [-0.4, -0.2) is 33.2 Å². The molecular formula is C18H17NO5. The molecule has 1 atom stereocenters. The summed E-state index contributed by atoms with van der Waals surface area (Å²) in [4.78, 5) is 23.5. The smallest absolute Gasteiger partial charge is 0.408 e. The maximum atomic E-state index is 11.3. The second-order valence-electron chi connectivity index (χ2n) is 5.67. The third-order valence-electron chi connectivity index (χ3n) is 4.09. The Morgan fingerprint density at radius 1 is 1.08 bits per heavy atom. The molecule has 6 heteroatoms. The zero-order chi connectivity index (χ0) is 17.1. The van der Waals surface area contributed by atoms with Crippen molar-refractivity contribution in [1.29, 1.82) is 0 Å². The Morgan fingerprint density at radius 2 is 1.83 bits per heavy atom. The summed E-state index contributed by atoms with van der Waals surface area (Å²) in [5.74, 6) is -0.496. The number of ether oxygens (including phenoxy) is 1. The van der Waals surface area contributed by atoms with Crippen molar-refractivity contribution in [2.45, 2.75) is 25.6 Å². The topological polar surface area (TPSA) is 87.1 Å². The molecule has 3 rings (SSSR count). The Labute approximate surface area is 138 Å². The fourth-order valence-electron chi connectivity index (χ4n) is 2.81. The van der Waals surface area contributed by atoms with Gasteiger partial charge in [-0.2, -0.15) is 0 Å². The maximum Gasteiger partial charge on any atom is 0.408 e. The maximum absolute atomic E-state index is 11.3. The lowest BCUT2D eigenvalue weighted by atomic mass is 9.94. The van der Waals surface area contributed by atoms with E-state index < -0.39 is 18.1 Å². The van der Waals surface area contributed by atoms with Gasteiger partial charge in [-0.05, 0) is 28.8 Å². The van der Waals surface area contributed by atoms with E-state index in [1.807, 2.05) is 36.4 Å². The monoisotopic (exact) mass is 327 g/mol. The van der Waals surface area contributed by atoms with Gasteiger partial charge in [0, 0.05) is 6.42 Å². The molecule has 0 aliphatic carbocycles. The summed E-state index contributed by atoms with van der Waals surface area (Å²) in [6.07, 6.45) is -1.07. The van der Waals surface area contributed by atoms with Gasteiger partial charge in [0.05, 0.1) is 6.54 Å². The number of nitrogens with zero attached hydrogens (tertiary/aromatic N) is 1. The second kappa shape index (κ2) is 6.62.